The smallest absolute Gasteiger partial charge is 0.338 e. The van der Waals surface area contributed by atoms with Crippen LogP contribution in [0.1, 0.15) is 40.1 Å². The highest BCUT2D eigenvalue weighted by molar-refractivity contribution is 7.91. The number of aliphatic hydroxyl groups is 1. The Morgan fingerprint density at radius 1 is 0.846 bits per heavy atom. The number of ether oxygens (including phenoxy) is 1. The van der Waals surface area contributed by atoms with Gasteiger partial charge in [0.05, 0.1) is 28.1 Å². The first-order valence-corrected chi connectivity index (χ1v) is 14.4. The second-order valence-corrected chi connectivity index (χ2v) is 11.5. The lowest BCUT2D eigenvalue weighted by Crippen LogP contribution is -2.28. The van der Waals surface area contributed by atoms with Gasteiger partial charge in [0.1, 0.15) is 0 Å². The summed E-state index contributed by atoms with van der Waals surface area (Å²) in [6, 6.07) is 29.6. The molecule has 0 bridgehead atoms. The van der Waals surface area contributed by atoms with Crippen molar-refractivity contribution in [3.8, 4) is 0 Å². The summed E-state index contributed by atoms with van der Waals surface area (Å²) in [4.78, 5) is 14.2. The Hall–Kier alpha value is -3.49. The highest BCUT2D eigenvalue weighted by Gasteiger charge is 2.20. The van der Waals surface area contributed by atoms with Crippen LogP contribution in [0.25, 0.3) is 0 Å². The molecule has 4 rings (SSSR count). The van der Waals surface area contributed by atoms with E-state index in [4.69, 9.17) is 16.3 Å². The van der Waals surface area contributed by atoms with Crippen LogP contribution in [0, 0.1) is 0 Å². The molecule has 1 N–H and O–H groups in total. The topological polar surface area (TPSA) is 83.9 Å². The van der Waals surface area contributed by atoms with Crippen molar-refractivity contribution in [2.45, 2.75) is 35.9 Å². The summed E-state index contributed by atoms with van der Waals surface area (Å²) in [5.74, 6) is -0.494. The van der Waals surface area contributed by atoms with Gasteiger partial charge >= 0.3 is 5.97 Å². The zero-order chi connectivity index (χ0) is 27.8. The summed E-state index contributed by atoms with van der Waals surface area (Å²) in [5.41, 5.74) is 3.03. The minimum absolute atomic E-state index is 0.0960. The number of carbonyl (C=O) groups is 1. The van der Waals surface area contributed by atoms with Crippen molar-refractivity contribution in [3.63, 3.8) is 0 Å². The number of esters is 1. The van der Waals surface area contributed by atoms with E-state index in [0.29, 0.717) is 30.2 Å². The molecular weight excluding hydrogens is 534 g/mol. The van der Waals surface area contributed by atoms with E-state index < -0.39 is 21.9 Å². The Kier molecular flexibility index (Phi) is 9.54. The van der Waals surface area contributed by atoms with Crippen molar-refractivity contribution >= 4 is 27.4 Å². The van der Waals surface area contributed by atoms with Crippen LogP contribution < -0.4 is 0 Å². The Labute approximate surface area is 234 Å². The number of hydrogen-bond donors (Lipinski definition) is 1. The van der Waals surface area contributed by atoms with Crippen molar-refractivity contribution < 1.29 is 23.1 Å². The maximum absolute atomic E-state index is 13.2. The van der Waals surface area contributed by atoms with Crippen molar-refractivity contribution in [3.05, 3.63) is 130 Å². The van der Waals surface area contributed by atoms with Gasteiger partial charge < -0.3 is 9.84 Å². The van der Waals surface area contributed by atoms with E-state index in [-0.39, 0.29) is 16.4 Å². The van der Waals surface area contributed by atoms with Gasteiger partial charge in [0, 0.05) is 24.7 Å². The van der Waals surface area contributed by atoms with Gasteiger partial charge in [0.15, 0.2) is 0 Å². The Morgan fingerprint density at radius 2 is 1.44 bits per heavy atom. The number of hydrogen-bond acceptors (Lipinski definition) is 6. The van der Waals surface area contributed by atoms with Crippen molar-refractivity contribution in [2.24, 2.45) is 0 Å². The second-order valence-electron chi connectivity index (χ2n) is 9.12. The number of aliphatic hydroxyl groups excluding tert-OH is 1. The van der Waals surface area contributed by atoms with Crippen molar-refractivity contribution in [2.75, 3.05) is 13.2 Å². The third-order valence-corrected chi connectivity index (χ3v) is 8.25. The molecular formula is C31H30ClNO5S. The minimum atomic E-state index is -3.76. The predicted molar refractivity (Wildman–Crippen MR) is 151 cm³/mol. The van der Waals surface area contributed by atoms with Crippen molar-refractivity contribution in [1.82, 2.24) is 4.90 Å². The lowest BCUT2D eigenvalue weighted by atomic mass is 10.1. The van der Waals surface area contributed by atoms with Crippen LogP contribution in [0.3, 0.4) is 0 Å². The zero-order valence-electron chi connectivity index (χ0n) is 21.5. The molecule has 0 aliphatic carbocycles. The molecule has 8 heteroatoms. The molecule has 0 saturated carbocycles. The van der Waals surface area contributed by atoms with Crippen LogP contribution in [0.2, 0.25) is 5.02 Å². The van der Waals surface area contributed by atoms with Gasteiger partial charge in [-0.05, 0) is 72.1 Å². The Bertz CT molecular complexity index is 1490. The quantitative estimate of drug-likeness (QED) is 0.222. The van der Waals surface area contributed by atoms with Gasteiger partial charge in [-0.3, -0.25) is 4.90 Å². The third-order valence-electron chi connectivity index (χ3n) is 6.23. The van der Waals surface area contributed by atoms with Gasteiger partial charge in [0.2, 0.25) is 9.84 Å². The van der Waals surface area contributed by atoms with E-state index in [9.17, 15) is 18.3 Å². The van der Waals surface area contributed by atoms with Gasteiger partial charge in [-0.15, -0.1) is 0 Å². The van der Waals surface area contributed by atoms with E-state index in [2.05, 4.69) is 4.90 Å². The lowest BCUT2D eigenvalue weighted by Gasteiger charge is -2.26. The lowest BCUT2D eigenvalue weighted by molar-refractivity contribution is 0.0526. The minimum Gasteiger partial charge on any atom is -0.462 e. The number of carbonyl (C=O) groups excluding carboxylic acids is 1. The fourth-order valence-corrected chi connectivity index (χ4v) is 5.70. The molecule has 0 saturated heterocycles. The molecule has 0 aromatic heterocycles. The first kappa shape index (κ1) is 28.5. The molecule has 6 nitrogen and oxygen atoms in total. The number of rotatable bonds is 11. The number of sulfone groups is 1. The molecule has 39 heavy (non-hydrogen) atoms. The molecule has 0 radical (unpaired) electrons. The zero-order valence-corrected chi connectivity index (χ0v) is 23.1. The van der Waals surface area contributed by atoms with Gasteiger partial charge in [-0.1, -0.05) is 66.2 Å². The molecule has 4 aromatic rings. The fourth-order valence-electron chi connectivity index (χ4n) is 4.24. The van der Waals surface area contributed by atoms with Gasteiger partial charge in [-0.25, -0.2) is 13.2 Å². The SMILES string of the molecule is CCOC(=O)c1ccc(S(=O)(=O)c2ccc(CN(Cc3ccccc3)C[C@H](O)c3cccc(Cl)c3)cc2)cc1. The highest BCUT2D eigenvalue weighted by Crippen LogP contribution is 2.24. The molecule has 4 aromatic carbocycles. The molecule has 0 aliphatic heterocycles. The molecule has 0 heterocycles. The standard InChI is InChI=1S/C31H30ClNO5S/c1-2-38-31(35)25-13-17-29(18-14-25)39(36,37)28-15-11-24(12-16-28)21-33(20-23-7-4-3-5-8-23)22-30(34)26-9-6-10-27(32)19-26/h3-19,30,34H,2,20-22H2,1H3/t30-/m0/s1. The first-order chi connectivity index (χ1) is 18.8. The van der Waals surface area contributed by atoms with E-state index in [1.54, 1.807) is 43.3 Å². The highest BCUT2D eigenvalue weighted by atomic mass is 35.5. The van der Waals surface area contributed by atoms with Crippen LogP contribution in [0.5, 0.6) is 0 Å². The predicted octanol–water partition coefficient (Wildman–Crippen LogP) is 6.09. The van der Waals surface area contributed by atoms with Crippen molar-refractivity contribution in [1.29, 1.82) is 0 Å². The summed E-state index contributed by atoms with van der Waals surface area (Å²) in [6.45, 7) is 3.42. The number of nitrogens with zero attached hydrogens (tertiary/aromatic N) is 1. The summed E-state index contributed by atoms with van der Waals surface area (Å²) in [7, 11) is -3.76. The first-order valence-electron chi connectivity index (χ1n) is 12.6. The number of halogens is 1. The summed E-state index contributed by atoms with van der Waals surface area (Å²) in [6.07, 6.45) is -0.746. The Balaban J connectivity index is 1.51. The molecule has 0 spiro atoms. The van der Waals surface area contributed by atoms with E-state index >= 15 is 0 Å². The third kappa shape index (κ3) is 7.55. The average molecular weight is 564 g/mol. The van der Waals surface area contributed by atoms with Crippen LogP contribution in [-0.2, 0) is 27.7 Å². The van der Waals surface area contributed by atoms with Gasteiger partial charge in [0.25, 0.3) is 0 Å². The normalized spacial score (nSPS) is 12.3. The summed E-state index contributed by atoms with van der Waals surface area (Å²) >= 11 is 6.12. The maximum atomic E-state index is 13.2. The number of benzene rings is 4. The van der Waals surface area contributed by atoms with E-state index in [1.165, 1.54) is 24.3 Å². The molecule has 0 unspecified atom stereocenters. The maximum Gasteiger partial charge on any atom is 0.338 e. The molecule has 1 atom stereocenters. The largest absolute Gasteiger partial charge is 0.462 e. The van der Waals surface area contributed by atoms with E-state index in [1.807, 2.05) is 42.5 Å². The van der Waals surface area contributed by atoms with Crippen LogP contribution in [-0.4, -0.2) is 37.5 Å². The van der Waals surface area contributed by atoms with Crippen LogP contribution in [0.4, 0.5) is 0 Å². The fraction of sp³-hybridized carbons (Fsp3) is 0.194. The molecule has 0 amide bonds. The monoisotopic (exact) mass is 563 g/mol. The van der Waals surface area contributed by atoms with Gasteiger partial charge in [-0.2, -0.15) is 0 Å². The molecule has 0 fully saturated rings. The second kappa shape index (κ2) is 13.0. The molecule has 202 valence electrons. The average Bonchev–Trinajstić information content (AvgIpc) is 2.94. The molecule has 0 aliphatic rings. The van der Waals surface area contributed by atoms with E-state index in [0.717, 1.165) is 16.7 Å². The summed E-state index contributed by atoms with van der Waals surface area (Å²) < 4.78 is 31.3. The van der Waals surface area contributed by atoms with Crippen LogP contribution >= 0.6 is 11.6 Å². The van der Waals surface area contributed by atoms with Crippen LogP contribution in [0.15, 0.2) is 113 Å². The summed E-state index contributed by atoms with van der Waals surface area (Å²) in [5, 5.41) is 11.5. The Morgan fingerprint density at radius 3 is 2.03 bits per heavy atom.